The van der Waals surface area contributed by atoms with Gasteiger partial charge in [-0.1, -0.05) is 30.3 Å². The van der Waals surface area contributed by atoms with Crippen molar-refractivity contribution in [3.05, 3.63) is 96.9 Å². The Bertz CT molecular complexity index is 1200. The summed E-state index contributed by atoms with van der Waals surface area (Å²) in [6, 6.07) is 17.8. The van der Waals surface area contributed by atoms with Crippen molar-refractivity contribution >= 4 is 39.9 Å². The summed E-state index contributed by atoms with van der Waals surface area (Å²) in [6.45, 7) is 0.0331. The molecule has 31 heavy (non-hydrogen) atoms. The van der Waals surface area contributed by atoms with E-state index < -0.39 is 4.92 Å². The molecule has 0 amide bonds. The minimum absolute atomic E-state index is 0.0331. The minimum atomic E-state index is -0.508. The first-order valence-electron chi connectivity index (χ1n) is 9.03. The molecule has 0 bridgehead atoms. The van der Waals surface area contributed by atoms with Crippen LogP contribution in [0.2, 0.25) is 0 Å². The van der Waals surface area contributed by atoms with Gasteiger partial charge < -0.3 is 9.47 Å². The van der Waals surface area contributed by atoms with Crippen LogP contribution in [0, 0.1) is 30.8 Å². The standard InChI is InChI=1S/C23H16FIN2O4/c1-30-22-11-15(9-18(13-26)16-6-4-7-19(12-16)27(28)29)10-21(25)23(22)31-14-17-5-2-3-8-20(17)24/h2-12H,14H2,1H3/b18-9-. The summed E-state index contributed by atoms with van der Waals surface area (Å²) in [7, 11) is 1.49. The number of methoxy groups -OCH3 is 1. The second-order valence-corrected chi connectivity index (χ2v) is 7.55. The van der Waals surface area contributed by atoms with Gasteiger partial charge in [0.2, 0.25) is 0 Å². The third kappa shape index (κ3) is 5.38. The molecule has 0 heterocycles. The number of non-ortho nitro benzene ring substituents is 1. The van der Waals surface area contributed by atoms with Crippen molar-refractivity contribution < 1.29 is 18.8 Å². The highest BCUT2D eigenvalue weighted by atomic mass is 127. The van der Waals surface area contributed by atoms with Gasteiger partial charge in [-0.2, -0.15) is 5.26 Å². The molecule has 0 atom stereocenters. The Morgan fingerprint density at radius 2 is 2.00 bits per heavy atom. The second-order valence-electron chi connectivity index (χ2n) is 6.39. The van der Waals surface area contributed by atoms with E-state index in [1.54, 1.807) is 42.5 Å². The number of ether oxygens (including phenoxy) is 2. The van der Waals surface area contributed by atoms with Gasteiger partial charge in [0.25, 0.3) is 5.69 Å². The van der Waals surface area contributed by atoms with E-state index in [1.807, 2.05) is 0 Å². The number of nitro benzene ring substituents is 1. The molecule has 0 radical (unpaired) electrons. The molecule has 0 aromatic heterocycles. The predicted molar refractivity (Wildman–Crippen MR) is 123 cm³/mol. The largest absolute Gasteiger partial charge is 0.493 e. The first-order valence-corrected chi connectivity index (χ1v) is 10.1. The lowest BCUT2D eigenvalue weighted by Crippen LogP contribution is -2.02. The molecule has 0 N–H and O–H groups in total. The Balaban J connectivity index is 1.93. The molecule has 0 saturated carbocycles. The number of nitriles is 1. The normalized spacial score (nSPS) is 11.0. The second kappa shape index (κ2) is 10.0. The molecule has 0 aliphatic rings. The summed E-state index contributed by atoms with van der Waals surface area (Å²) in [5.41, 5.74) is 1.68. The number of rotatable bonds is 7. The van der Waals surface area contributed by atoms with Gasteiger partial charge in [0.1, 0.15) is 12.4 Å². The SMILES string of the molecule is COc1cc(/C=C(/C#N)c2cccc([N+](=O)[O-])c2)cc(I)c1OCc1ccccc1F. The lowest BCUT2D eigenvalue weighted by molar-refractivity contribution is -0.384. The molecule has 3 aromatic carbocycles. The topological polar surface area (TPSA) is 85.4 Å². The third-order valence-corrected chi connectivity index (χ3v) is 5.18. The summed E-state index contributed by atoms with van der Waals surface area (Å²) in [6.07, 6.45) is 1.62. The maximum atomic E-state index is 13.9. The molecule has 6 nitrogen and oxygen atoms in total. The Morgan fingerprint density at radius 1 is 1.23 bits per heavy atom. The fourth-order valence-corrected chi connectivity index (χ4v) is 3.64. The van der Waals surface area contributed by atoms with E-state index in [2.05, 4.69) is 28.7 Å². The number of hydrogen-bond acceptors (Lipinski definition) is 5. The highest BCUT2D eigenvalue weighted by Crippen LogP contribution is 2.36. The van der Waals surface area contributed by atoms with Crippen LogP contribution in [0.1, 0.15) is 16.7 Å². The zero-order valence-corrected chi connectivity index (χ0v) is 18.5. The van der Waals surface area contributed by atoms with Crippen molar-refractivity contribution in [1.82, 2.24) is 0 Å². The highest BCUT2D eigenvalue weighted by Gasteiger charge is 2.14. The maximum absolute atomic E-state index is 13.9. The van der Waals surface area contributed by atoms with Crippen LogP contribution in [0.25, 0.3) is 11.6 Å². The summed E-state index contributed by atoms with van der Waals surface area (Å²) < 4.78 is 25.8. The van der Waals surface area contributed by atoms with Crippen molar-refractivity contribution in [2.24, 2.45) is 0 Å². The van der Waals surface area contributed by atoms with Gasteiger partial charge in [-0.25, -0.2) is 4.39 Å². The lowest BCUT2D eigenvalue weighted by Gasteiger charge is -2.14. The Kier molecular flexibility index (Phi) is 7.20. The molecule has 156 valence electrons. The molecule has 0 unspecified atom stereocenters. The summed E-state index contributed by atoms with van der Waals surface area (Å²) in [5, 5.41) is 20.6. The summed E-state index contributed by atoms with van der Waals surface area (Å²) >= 11 is 2.07. The zero-order chi connectivity index (χ0) is 22.4. The van der Waals surface area contributed by atoms with E-state index in [1.165, 1.54) is 31.4 Å². The van der Waals surface area contributed by atoms with Crippen LogP contribution in [0.15, 0.2) is 60.7 Å². The number of hydrogen-bond donors (Lipinski definition) is 0. The number of allylic oxidation sites excluding steroid dienone is 1. The predicted octanol–water partition coefficient (Wildman–Crippen LogP) is 5.99. The van der Waals surface area contributed by atoms with Crippen molar-refractivity contribution in [1.29, 1.82) is 5.26 Å². The average molecular weight is 530 g/mol. The van der Waals surface area contributed by atoms with Gasteiger partial charge in [-0.3, -0.25) is 10.1 Å². The Hall–Kier alpha value is -3.45. The van der Waals surface area contributed by atoms with Crippen LogP contribution in [-0.4, -0.2) is 12.0 Å². The molecule has 0 spiro atoms. The molecule has 8 heteroatoms. The van der Waals surface area contributed by atoms with E-state index in [0.29, 0.717) is 31.8 Å². The Morgan fingerprint density at radius 3 is 2.68 bits per heavy atom. The first-order chi connectivity index (χ1) is 14.9. The smallest absolute Gasteiger partial charge is 0.270 e. The van der Waals surface area contributed by atoms with Crippen LogP contribution in [0.4, 0.5) is 10.1 Å². The van der Waals surface area contributed by atoms with Crippen LogP contribution >= 0.6 is 22.6 Å². The first kappa shape index (κ1) is 22.2. The Labute approximate surface area is 191 Å². The van der Waals surface area contributed by atoms with Gasteiger partial charge in [-0.05, 0) is 58.0 Å². The van der Waals surface area contributed by atoms with Gasteiger partial charge >= 0.3 is 0 Å². The number of halogens is 2. The molecule has 0 aliphatic heterocycles. The third-order valence-electron chi connectivity index (χ3n) is 4.38. The van der Waals surface area contributed by atoms with E-state index in [-0.39, 0.29) is 23.7 Å². The number of nitro groups is 1. The fourth-order valence-electron chi connectivity index (χ4n) is 2.86. The maximum Gasteiger partial charge on any atom is 0.270 e. The van der Waals surface area contributed by atoms with Crippen LogP contribution in [0.5, 0.6) is 11.5 Å². The molecule has 0 saturated heterocycles. The van der Waals surface area contributed by atoms with E-state index in [4.69, 9.17) is 9.47 Å². The minimum Gasteiger partial charge on any atom is -0.493 e. The van der Waals surface area contributed by atoms with Gasteiger partial charge in [0.05, 0.1) is 27.2 Å². The molecule has 0 aliphatic carbocycles. The molecular formula is C23H16FIN2O4. The van der Waals surface area contributed by atoms with Gasteiger partial charge in [0.15, 0.2) is 11.5 Å². The van der Waals surface area contributed by atoms with Crippen molar-refractivity contribution in [2.45, 2.75) is 6.61 Å². The monoisotopic (exact) mass is 530 g/mol. The molecule has 3 rings (SSSR count). The van der Waals surface area contributed by atoms with Gasteiger partial charge in [-0.15, -0.1) is 0 Å². The highest BCUT2D eigenvalue weighted by molar-refractivity contribution is 14.1. The zero-order valence-electron chi connectivity index (χ0n) is 16.3. The van der Waals surface area contributed by atoms with Crippen molar-refractivity contribution in [3.8, 4) is 17.6 Å². The van der Waals surface area contributed by atoms with Crippen LogP contribution in [0.3, 0.4) is 0 Å². The quantitative estimate of drug-likeness (QED) is 0.123. The van der Waals surface area contributed by atoms with Gasteiger partial charge in [0, 0.05) is 17.7 Å². The average Bonchev–Trinajstić information content (AvgIpc) is 2.77. The molecule has 3 aromatic rings. The van der Waals surface area contributed by atoms with E-state index in [9.17, 15) is 19.8 Å². The van der Waals surface area contributed by atoms with Crippen molar-refractivity contribution in [3.63, 3.8) is 0 Å². The van der Waals surface area contributed by atoms with E-state index in [0.717, 1.165) is 0 Å². The molecule has 0 fully saturated rings. The lowest BCUT2D eigenvalue weighted by atomic mass is 10.0. The fraction of sp³-hybridized carbons (Fsp3) is 0.0870. The van der Waals surface area contributed by atoms with Crippen LogP contribution < -0.4 is 9.47 Å². The summed E-state index contributed by atoms with van der Waals surface area (Å²) in [4.78, 5) is 10.5. The molecular weight excluding hydrogens is 514 g/mol. The number of nitrogens with zero attached hydrogens (tertiary/aromatic N) is 2. The van der Waals surface area contributed by atoms with Crippen LogP contribution in [-0.2, 0) is 6.61 Å². The number of benzene rings is 3. The van der Waals surface area contributed by atoms with Crippen molar-refractivity contribution in [2.75, 3.05) is 7.11 Å². The van der Waals surface area contributed by atoms with E-state index >= 15 is 0 Å². The summed E-state index contributed by atoms with van der Waals surface area (Å²) in [5.74, 6) is 0.523.